The van der Waals surface area contributed by atoms with Crippen LogP contribution >= 0.6 is 0 Å². The summed E-state index contributed by atoms with van der Waals surface area (Å²) in [7, 11) is 1.49. The largest absolute Gasteiger partial charge is 0.495 e. The number of carbonyl (C=O) groups excluding carboxylic acids is 2. The van der Waals surface area contributed by atoms with Gasteiger partial charge in [0.25, 0.3) is 11.5 Å². The van der Waals surface area contributed by atoms with E-state index in [1.807, 2.05) is 6.07 Å². The first-order valence-corrected chi connectivity index (χ1v) is 8.44. The zero-order chi connectivity index (χ0) is 19.9. The van der Waals surface area contributed by atoms with Gasteiger partial charge < -0.3 is 15.4 Å². The topological polar surface area (TPSA) is 102 Å². The summed E-state index contributed by atoms with van der Waals surface area (Å²) in [5, 5.41) is 9.33. The van der Waals surface area contributed by atoms with Crippen LogP contribution in [0.15, 0.2) is 71.5 Å². The molecular formula is C20H18N4O4. The minimum atomic E-state index is -0.494. The van der Waals surface area contributed by atoms with E-state index in [-0.39, 0.29) is 12.2 Å². The summed E-state index contributed by atoms with van der Waals surface area (Å²) in [6.07, 6.45) is 0. The Labute approximate surface area is 160 Å². The number of nitrogens with zero attached hydrogens (tertiary/aromatic N) is 2. The summed E-state index contributed by atoms with van der Waals surface area (Å²) >= 11 is 0. The number of rotatable bonds is 6. The lowest BCUT2D eigenvalue weighted by Crippen LogP contribution is -2.31. The second-order valence-corrected chi connectivity index (χ2v) is 5.78. The molecule has 0 spiro atoms. The van der Waals surface area contributed by atoms with Gasteiger partial charge in [-0.05, 0) is 30.3 Å². The summed E-state index contributed by atoms with van der Waals surface area (Å²) in [6.45, 7) is -0.344. The van der Waals surface area contributed by atoms with E-state index in [1.165, 1.54) is 19.2 Å². The third-order valence-corrected chi connectivity index (χ3v) is 3.81. The standard InChI is InChI=1S/C20H18N4O4/c1-28-17-10-6-5-9-15(17)22-18(25)13-24-19(26)12-11-16(23-24)20(27)21-14-7-3-2-4-8-14/h2-12H,13H2,1H3,(H,21,27)(H,22,25). The predicted molar refractivity (Wildman–Crippen MR) is 105 cm³/mol. The van der Waals surface area contributed by atoms with Crippen molar-refractivity contribution in [2.24, 2.45) is 0 Å². The molecule has 8 heteroatoms. The Morgan fingerprint density at radius 2 is 1.68 bits per heavy atom. The smallest absolute Gasteiger partial charge is 0.276 e. The number of anilines is 2. The van der Waals surface area contributed by atoms with Crippen LogP contribution in [0.5, 0.6) is 5.75 Å². The number of ether oxygens (including phenoxy) is 1. The van der Waals surface area contributed by atoms with Gasteiger partial charge in [0.1, 0.15) is 18.0 Å². The van der Waals surface area contributed by atoms with Gasteiger partial charge in [-0.2, -0.15) is 5.10 Å². The third-order valence-electron chi connectivity index (χ3n) is 3.81. The summed E-state index contributed by atoms with van der Waals surface area (Å²) in [4.78, 5) is 36.7. The molecule has 8 nitrogen and oxygen atoms in total. The first kappa shape index (κ1) is 18.8. The van der Waals surface area contributed by atoms with Crippen LogP contribution in [-0.4, -0.2) is 28.7 Å². The van der Waals surface area contributed by atoms with Crippen LogP contribution in [0.4, 0.5) is 11.4 Å². The Balaban J connectivity index is 1.73. The van der Waals surface area contributed by atoms with E-state index >= 15 is 0 Å². The van der Waals surface area contributed by atoms with Crippen molar-refractivity contribution in [2.75, 3.05) is 17.7 Å². The maximum absolute atomic E-state index is 12.3. The highest BCUT2D eigenvalue weighted by Gasteiger charge is 2.13. The van der Waals surface area contributed by atoms with Crippen LogP contribution in [0.3, 0.4) is 0 Å². The summed E-state index contributed by atoms with van der Waals surface area (Å²) < 4.78 is 6.11. The second kappa shape index (κ2) is 8.63. The zero-order valence-corrected chi connectivity index (χ0v) is 15.1. The molecule has 0 aliphatic carbocycles. The van der Waals surface area contributed by atoms with Gasteiger partial charge in [-0.3, -0.25) is 14.4 Å². The Morgan fingerprint density at radius 1 is 0.964 bits per heavy atom. The van der Waals surface area contributed by atoms with Crippen LogP contribution in [0.2, 0.25) is 0 Å². The molecule has 1 aromatic heterocycles. The van der Waals surface area contributed by atoms with E-state index in [4.69, 9.17) is 4.74 Å². The van der Waals surface area contributed by atoms with Crippen molar-refractivity contribution in [2.45, 2.75) is 6.54 Å². The normalized spacial score (nSPS) is 10.2. The molecule has 0 atom stereocenters. The van der Waals surface area contributed by atoms with Gasteiger partial charge in [0.2, 0.25) is 5.91 Å². The molecule has 2 amide bonds. The van der Waals surface area contributed by atoms with Gasteiger partial charge in [-0.1, -0.05) is 30.3 Å². The molecule has 2 N–H and O–H groups in total. The molecule has 0 unspecified atom stereocenters. The van der Waals surface area contributed by atoms with Crippen molar-refractivity contribution in [3.63, 3.8) is 0 Å². The molecule has 0 saturated carbocycles. The fourth-order valence-corrected chi connectivity index (χ4v) is 2.47. The Morgan fingerprint density at radius 3 is 2.43 bits per heavy atom. The number of hydrogen-bond donors (Lipinski definition) is 2. The van der Waals surface area contributed by atoms with Crippen molar-refractivity contribution in [1.82, 2.24) is 9.78 Å². The predicted octanol–water partition coefficient (Wildman–Crippen LogP) is 2.14. The fraction of sp³-hybridized carbons (Fsp3) is 0.100. The number of aromatic nitrogens is 2. The van der Waals surface area contributed by atoms with Crippen molar-refractivity contribution >= 4 is 23.2 Å². The van der Waals surface area contributed by atoms with Crippen molar-refractivity contribution in [3.8, 4) is 5.75 Å². The highest BCUT2D eigenvalue weighted by molar-refractivity contribution is 6.02. The molecule has 0 aliphatic heterocycles. The van der Waals surface area contributed by atoms with Gasteiger partial charge in [-0.15, -0.1) is 0 Å². The molecule has 0 fully saturated rings. The fourth-order valence-electron chi connectivity index (χ4n) is 2.47. The van der Waals surface area contributed by atoms with Crippen molar-refractivity contribution < 1.29 is 14.3 Å². The van der Waals surface area contributed by atoms with Gasteiger partial charge in [0.15, 0.2) is 0 Å². The van der Waals surface area contributed by atoms with Crippen molar-refractivity contribution in [1.29, 1.82) is 0 Å². The average Bonchev–Trinajstić information content (AvgIpc) is 2.70. The number of carbonyl (C=O) groups is 2. The highest BCUT2D eigenvalue weighted by Crippen LogP contribution is 2.22. The van der Waals surface area contributed by atoms with Gasteiger partial charge >= 0.3 is 0 Å². The molecule has 0 saturated heterocycles. The molecule has 2 aromatic carbocycles. The Bertz CT molecular complexity index is 1050. The quantitative estimate of drug-likeness (QED) is 0.684. The SMILES string of the molecule is COc1ccccc1NC(=O)Cn1nc(C(=O)Nc2ccccc2)ccc1=O. The number of methoxy groups -OCH3 is 1. The Hall–Kier alpha value is -3.94. The van der Waals surface area contributed by atoms with E-state index in [1.54, 1.807) is 48.5 Å². The first-order chi connectivity index (χ1) is 13.6. The van der Waals surface area contributed by atoms with E-state index < -0.39 is 17.4 Å². The number of nitrogens with one attached hydrogen (secondary N) is 2. The van der Waals surface area contributed by atoms with Crippen LogP contribution < -0.4 is 20.9 Å². The minimum absolute atomic E-state index is 0.0218. The van der Waals surface area contributed by atoms with Gasteiger partial charge in [0, 0.05) is 11.8 Å². The van der Waals surface area contributed by atoms with Crippen LogP contribution in [-0.2, 0) is 11.3 Å². The minimum Gasteiger partial charge on any atom is -0.495 e. The maximum atomic E-state index is 12.3. The molecule has 0 aliphatic rings. The molecule has 142 valence electrons. The molecule has 0 radical (unpaired) electrons. The summed E-state index contributed by atoms with van der Waals surface area (Å²) in [6, 6.07) is 18.3. The second-order valence-electron chi connectivity index (χ2n) is 5.78. The maximum Gasteiger partial charge on any atom is 0.276 e. The molecular weight excluding hydrogens is 360 g/mol. The third kappa shape index (κ3) is 4.61. The lowest BCUT2D eigenvalue weighted by atomic mass is 10.3. The van der Waals surface area contributed by atoms with Gasteiger partial charge in [-0.25, -0.2) is 4.68 Å². The van der Waals surface area contributed by atoms with E-state index in [0.29, 0.717) is 17.1 Å². The summed E-state index contributed by atoms with van der Waals surface area (Å²) in [5.74, 6) is -0.461. The lowest BCUT2D eigenvalue weighted by molar-refractivity contribution is -0.117. The first-order valence-electron chi connectivity index (χ1n) is 8.44. The molecule has 1 heterocycles. The molecule has 3 rings (SSSR count). The number of hydrogen-bond acceptors (Lipinski definition) is 5. The van der Waals surface area contributed by atoms with Crippen LogP contribution in [0.25, 0.3) is 0 Å². The average molecular weight is 378 g/mol. The summed E-state index contributed by atoms with van der Waals surface area (Å²) in [5.41, 5.74) is 0.599. The Kier molecular flexibility index (Phi) is 5.81. The number of amides is 2. The van der Waals surface area contributed by atoms with Crippen LogP contribution in [0, 0.1) is 0 Å². The monoisotopic (exact) mass is 378 g/mol. The van der Waals surface area contributed by atoms with E-state index in [9.17, 15) is 14.4 Å². The lowest BCUT2D eigenvalue weighted by Gasteiger charge is -2.11. The van der Waals surface area contributed by atoms with Gasteiger partial charge in [0.05, 0.1) is 12.8 Å². The van der Waals surface area contributed by atoms with Crippen LogP contribution in [0.1, 0.15) is 10.5 Å². The number of para-hydroxylation sites is 3. The molecule has 3 aromatic rings. The number of benzene rings is 2. The van der Waals surface area contributed by atoms with E-state index in [0.717, 1.165) is 4.68 Å². The van der Waals surface area contributed by atoms with Crippen molar-refractivity contribution in [3.05, 3.63) is 82.8 Å². The zero-order valence-electron chi connectivity index (χ0n) is 15.1. The highest BCUT2D eigenvalue weighted by atomic mass is 16.5. The molecule has 28 heavy (non-hydrogen) atoms. The molecule has 0 bridgehead atoms. The van der Waals surface area contributed by atoms with E-state index in [2.05, 4.69) is 15.7 Å².